The van der Waals surface area contributed by atoms with Gasteiger partial charge in [0.1, 0.15) is 0 Å². The van der Waals surface area contributed by atoms with Crippen LogP contribution in [-0.2, 0) is 4.79 Å². The molecule has 0 bridgehead atoms. The van der Waals surface area contributed by atoms with Crippen molar-refractivity contribution in [1.82, 2.24) is 5.32 Å². The number of nitriles is 1. The van der Waals surface area contributed by atoms with Crippen LogP contribution < -0.4 is 10.6 Å². The summed E-state index contributed by atoms with van der Waals surface area (Å²) >= 11 is 1.47. The number of nitrogens with one attached hydrogen (secondary N) is 2. The summed E-state index contributed by atoms with van der Waals surface area (Å²) in [5.41, 5.74) is 1.85. The van der Waals surface area contributed by atoms with Crippen LogP contribution in [0.15, 0.2) is 41.1 Å². The lowest BCUT2D eigenvalue weighted by Crippen LogP contribution is -2.25. The zero-order valence-electron chi connectivity index (χ0n) is 11.8. The molecule has 0 saturated carbocycles. The molecule has 5 nitrogen and oxygen atoms in total. The molecule has 112 valence electrons. The van der Waals surface area contributed by atoms with E-state index in [0.29, 0.717) is 36.2 Å². The van der Waals surface area contributed by atoms with Crippen LogP contribution >= 0.6 is 11.3 Å². The van der Waals surface area contributed by atoms with E-state index in [9.17, 15) is 9.59 Å². The zero-order chi connectivity index (χ0) is 15.8. The first-order valence-corrected chi connectivity index (χ1v) is 7.74. The van der Waals surface area contributed by atoms with Crippen LogP contribution in [0.1, 0.15) is 28.8 Å². The molecule has 0 unspecified atom stereocenters. The zero-order valence-corrected chi connectivity index (χ0v) is 12.7. The molecule has 0 spiro atoms. The summed E-state index contributed by atoms with van der Waals surface area (Å²) in [6.07, 6.45) is 0.891. The minimum Gasteiger partial charge on any atom is -0.352 e. The van der Waals surface area contributed by atoms with Crippen molar-refractivity contribution in [3.8, 4) is 6.07 Å². The van der Waals surface area contributed by atoms with Crippen molar-refractivity contribution in [2.24, 2.45) is 0 Å². The second-order valence-electron chi connectivity index (χ2n) is 4.61. The largest absolute Gasteiger partial charge is 0.352 e. The fraction of sp³-hybridized carbons (Fsp3) is 0.188. The smallest absolute Gasteiger partial charge is 0.252 e. The summed E-state index contributed by atoms with van der Waals surface area (Å²) in [5.74, 6) is -0.233. The van der Waals surface area contributed by atoms with E-state index < -0.39 is 0 Å². The Labute approximate surface area is 132 Å². The number of thiophene rings is 1. The summed E-state index contributed by atoms with van der Waals surface area (Å²) in [5, 5.41) is 17.8. The molecule has 0 aliphatic heterocycles. The van der Waals surface area contributed by atoms with Crippen LogP contribution in [0, 0.1) is 11.3 Å². The Bertz CT molecular complexity index is 672. The van der Waals surface area contributed by atoms with Gasteiger partial charge in [-0.25, -0.2) is 0 Å². The molecule has 22 heavy (non-hydrogen) atoms. The Balaban J connectivity index is 1.67. The summed E-state index contributed by atoms with van der Waals surface area (Å²) in [6, 6.07) is 10.5. The van der Waals surface area contributed by atoms with Crippen molar-refractivity contribution < 1.29 is 9.59 Å². The van der Waals surface area contributed by atoms with Crippen LogP contribution in [-0.4, -0.2) is 18.4 Å². The van der Waals surface area contributed by atoms with Gasteiger partial charge in [0.05, 0.1) is 11.6 Å². The minimum absolute atomic E-state index is 0.116. The highest BCUT2D eigenvalue weighted by Gasteiger charge is 2.06. The predicted octanol–water partition coefficient (Wildman–Crippen LogP) is 2.77. The number of hydrogen-bond donors (Lipinski definition) is 2. The third-order valence-electron chi connectivity index (χ3n) is 2.95. The lowest BCUT2D eigenvalue weighted by molar-refractivity contribution is -0.116. The van der Waals surface area contributed by atoms with Crippen LogP contribution in [0.3, 0.4) is 0 Å². The third-order valence-corrected chi connectivity index (χ3v) is 3.63. The number of carbonyl (C=O) groups excluding carboxylic acids is 2. The van der Waals surface area contributed by atoms with E-state index in [2.05, 4.69) is 10.6 Å². The van der Waals surface area contributed by atoms with E-state index in [1.807, 2.05) is 11.4 Å². The van der Waals surface area contributed by atoms with Crippen LogP contribution in [0.5, 0.6) is 0 Å². The molecule has 1 heterocycles. The molecule has 1 aromatic carbocycles. The van der Waals surface area contributed by atoms with Crippen molar-refractivity contribution in [3.05, 3.63) is 52.2 Å². The van der Waals surface area contributed by atoms with Crippen molar-refractivity contribution in [2.45, 2.75) is 12.8 Å². The molecular weight excluding hydrogens is 298 g/mol. The maximum Gasteiger partial charge on any atom is 0.252 e. The fourth-order valence-electron chi connectivity index (χ4n) is 1.80. The van der Waals surface area contributed by atoms with E-state index in [4.69, 9.17) is 5.26 Å². The first-order valence-electron chi connectivity index (χ1n) is 6.79. The first kappa shape index (κ1) is 15.7. The van der Waals surface area contributed by atoms with E-state index in [1.165, 1.54) is 11.3 Å². The molecule has 0 aliphatic rings. The van der Waals surface area contributed by atoms with E-state index >= 15 is 0 Å². The summed E-state index contributed by atoms with van der Waals surface area (Å²) < 4.78 is 0. The van der Waals surface area contributed by atoms with Gasteiger partial charge in [0.15, 0.2) is 0 Å². The Morgan fingerprint density at radius 3 is 2.59 bits per heavy atom. The van der Waals surface area contributed by atoms with Gasteiger partial charge in [-0.05, 0) is 42.1 Å². The maximum absolute atomic E-state index is 11.8. The second kappa shape index (κ2) is 7.96. The number of amides is 2. The highest BCUT2D eigenvalue weighted by atomic mass is 32.1. The van der Waals surface area contributed by atoms with Gasteiger partial charge in [0.2, 0.25) is 5.91 Å². The van der Waals surface area contributed by atoms with Gasteiger partial charge in [-0.15, -0.1) is 0 Å². The Kier molecular flexibility index (Phi) is 5.69. The molecular formula is C16H15N3O2S. The number of carbonyl (C=O) groups is 2. The van der Waals surface area contributed by atoms with Gasteiger partial charge in [0, 0.05) is 29.6 Å². The fourth-order valence-corrected chi connectivity index (χ4v) is 2.43. The topological polar surface area (TPSA) is 82.0 Å². The number of anilines is 1. The lowest BCUT2D eigenvalue weighted by Gasteiger charge is -2.06. The second-order valence-corrected chi connectivity index (χ2v) is 5.39. The Hall–Kier alpha value is -2.65. The minimum atomic E-state index is -0.117. The number of nitrogens with zero attached hydrogens (tertiary/aromatic N) is 1. The van der Waals surface area contributed by atoms with Crippen molar-refractivity contribution in [3.63, 3.8) is 0 Å². The average molecular weight is 313 g/mol. The van der Waals surface area contributed by atoms with E-state index in [0.717, 1.165) is 0 Å². The molecule has 0 radical (unpaired) electrons. The highest BCUT2D eigenvalue weighted by molar-refractivity contribution is 7.08. The lowest BCUT2D eigenvalue weighted by atomic mass is 10.2. The molecule has 2 rings (SSSR count). The Morgan fingerprint density at radius 1 is 1.18 bits per heavy atom. The van der Waals surface area contributed by atoms with Crippen molar-refractivity contribution in [2.75, 3.05) is 11.9 Å². The molecule has 1 aromatic heterocycles. The van der Waals surface area contributed by atoms with Crippen LogP contribution in [0.25, 0.3) is 0 Å². The van der Waals surface area contributed by atoms with Gasteiger partial charge < -0.3 is 10.6 Å². The predicted molar refractivity (Wildman–Crippen MR) is 85.7 cm³/mol. The molecule has 6 heteroatoms. The molecule has 0 aliphatic carbocycles. The van der Waals surface area contributed by atoms with Crippen molar-refractivity contribution >= 4 is 28.8 Å². The van der Waals surface area contributed by atoms with Crippen LogP contribution in [0.2, 0.25) is 0 Å². The first-order chi connectivity index (χ1) is 10.7. The maximum atomic E-state index is 11.8. The number of rotatable bonds is 6. The van der Waals surface area contributed by atoms with Gasteiger partial charge in [-0.3, -0.25) is 9.59 Å². The average Bonchev–Trinajstić information content (AvgIpc) is 3.06. The third kappa shape index (κ3) is 4.72. The number of benzene rings is 1. The molecule has 0 fully saturated rings. The van der Waals surface area contributed by atoms with Gasteiger partial charge >= 0.3 is 0 Å². The quantitative estimate of drug-likeness (QED) is 0.805. The molecule has 0 atom stereocenters. The molecule has 2 aromatic rings. The molecule has 2 amide bonds. The van der Waals surface area contributed by atoms with E-state index in [-0.39, 0.29) is 11.8 Å². The molecule has 0 saturated heterocycles. The SMILES string of the molecule is N#Cc1ccc(NC(=O)CCCNC(=O)c2ccsc2)cc1. The normalized spacial score (nSPS) is 9.77. The van der Waals surface area contributed by atoms with Crippen LogP contribution in [0.4, 0.5) is 5.69 Å². The summed E-state index contributed by atoms with van der Waals surface area (Å²) in [4.78, 5) is 23.4. The van der Waals surface area contributed by atoms with Gasteiger partial charge in [0.25, 0.3) is 5.91 Å². The Morgan fingerprint density at radius 2 is 1.95 bits per heavy atom. The van der Waals surface area contributed by atoms with Gasteiger partial charge in [-0.1, -0.05) is 0 Å². The monoisotopic (exact) mass is 313 g/mol. The molecule has 2 N–H and O–H groups in total. The standard InChI is InChI=1S/C16H15N3O2S/c17-10-12-3-5-14(6-4-12)19-15(20)2-1-8-18-16(21)13-7-9-22-11-13/h3-7,9,11H,1-2,8H2,(H,18,21)(H,19,20). The summed E-state index contributed by atoms with van der Waals surface area (Å²) in [7, 11) is 0. The summed E-state index contributed by atoms with van der Waals surface area (Å²) in [6.45, 7) is 0.454. The van der Waals surface area contributed by atoms with Gasteiger partial charge in [-0.2, -0.15) is 16.6 Å². The number of hydrogen-bond acceptors (Lipinski definition) is 4. The van der Waals surface area contributed by atoms with E-state index in [1.54, 1.807) is 35.7 Å². The highest BCUT2D eigenvalue weighted by Crippen LogP contribution is 2.09. The van der Waals surface area contributed by atoms with Crippen molar-refractivity contribution in [1.29, 1.82) is 5.26 Å².